The van der Waals surface area contributed by atoms with Crippen molar-refractivity contribution >= 4 is 17.3 Å². The number of aromatic carboxylic acids is 1. The maximum atomic E-state index is 13.4. The highest BCUT2D eigenvalue weighted by molar-refractivity contribution is 5.87. The van der Waals surface area contributed by atoms with E-state index in [9.17, 15) is 19.3 Å². The standard InChI is InChI=1S/C14H11FN2O4/c15-12-7-11(5-6-13(12)17(20)21)16-8-9-1-3-10(4-2-9)14(18)19/h1-7,16H,8H2,(H,18,19). The molecule has 2 N–H and O–H groups in total. The minimum Gasteiger partial charge on any atom is -0.478 e. The van der Waals surface area contributed by atoms with Crippen LogP contribution in [0.5, 0.6) is 0 Å². The molecule has 108 valence electrons. The SMILES string of the molecule is O=C(O)c1ccc(CNc2ccc([N+](=O)[O-])c(F)c2)cc1. The van der Waals surface area contributed by atoms with Crippen molar-refractivity contribution in [3.05, 3.63) is 69.5 Å². The molecule has 0 atom stereocenters. The van der Waals surface area contributed by atoms with Gasteiger partial charge in [0.05, 0.1) is 10.5 Å². The van der Waals surface area contributed by atoms with Gasteiger partial charge in [0.1, 0.15) is 0 Å². The number of benzene rings is 2. The molecule has 7 heteroatoms. The molecule has 0 aliphatic carbocycles. The first-order chi connectivity index (χ1) is 9.97. The number of carbonyl (C=O) groups is 1. The summed E-state index contributed by atoms with van der Waals surface area (Å²) < 4.78 is 13.4. The number of nitrogens with one attached hydrogen (secondary N) is 1. The first-order valence-electron chi connectivity index (χ1n) is 5.97. The topological polar surface area (TPSA) is 92.5 Å². The van der Waals surface area contributed by atoms with Gasteiger partial charge in [-0.05, 0) is 23.8 Å². The molecule has 0 fully saturated rings. The van der Waals surface area contributed by atoms with Crippen LogP contribution in [0.3, 0.4) is 0 Å². The average molecular weight is 290 g/mol. The van der Waals surface area contributed by atoms with Crippen molar-refractivity contribution in [3.8, 4) is 0 Å². The molecular weight excluding hydrogens is 279 g/mol. The third-order valence-corrected chi connectivity index (χ3v) is 2.84. The lowest BCUT2D eigenvalue weighted by atomic mass is 10.1. The Hall–Kier alpha value is -2.96. The normalized spacial score (nSPS) is 10.1. The van der Waals surface area contributed by atoms with Crippen LogP contribution in [0.1, 0.15) is 15.9 Å². The van der Waals surface area contributed by atoms with E-state index >= 15 is 0 Å². The first kappa shape index (κ1) is 14.4. The molecule has 0 saturated heterocycles. The highest BCUT2D eigenvalue weighted by Gasteiger charge is 2.13. The maximum Gasteiger partial charge on any atom is 0.335 e. The zero-order chi connectivity index (χ0) is 15.4. The third-order valence-electron chi connectivity index (χ3n) is 2.84. The number of carboxylic acids is 1. The van der Waals surface area contributed by atoms with E-state index in [0.29, 0.717) is 12.2 Å². The third kappa shape index (κ3) is 3.53. The van der Waals surface area contributed by atoms with Crippen molar-refractivity contribution in [2.45, 2.75) is 6.54 Å². The second-order valence-corrected chi connectivity index (χ2v) is 4.28. The minimum atomic E-state index is -1.01. The summed E-state index contributed by atoms with van der Waals surface area (Å²) in [6, 6.07) is 9.75. The lowest BCUT2D eigenvalue weighted by Crippen LogP contribution is -2.02. The summed E-state index contributed by atoms with van der Waals surface area (Å²) in [5.74, 6) is -1.92. The largest absolute Gasteiger partial charge is 0.478 e. The molecule has 0 bridgehead atoms. The molecule has 21 heavy (non-hydrogen) atoms. The quantitative estimate of drug-likeness (QED) is 0.652. The van der Waals surface area contributed by atoms with Gasteiger partial charge in [-0.3, -0.25) is 10.1 Å². The van der Waals surface area contributed by atoms with E-state index in [0.717, 1.165) is 17.7 Å². The fourth-order valence-corrected chi connectivity index (χ4v) is 1.73. The Balaban J connectivity index is 2.04. The second kappa shape index (κ2) is 6.00. The number of halogens is 1. The van der Waals surface area contributed by atoms with Crippen molar-refractivity contribution in [2.75, 3.05) is 5.32 Å². The van der Waals surface area contributed by atoms with E-state index < -0.39 is 22.4 Å². The van der Waals surface area contributed by atoms with Gasteiger partial charge in [0.2, 0.25) is 5.82 Å². The van der Waals surface area contributed by atoms with Crippen LogP contribution in [0.2, 0.25) is 0 Å². The van der Waals surface area contributed by atoms with Gasteiger partial charge in [-0.1, -0.05) is 12.1 Å². The van der Waals surface area contributed by atoms with Crippen LogP contribution < -0.4 is 5.32 Å². The van der Waals surface area contributed by atoms with Crippen LogP contribution in [-0.4, -0.2) is 16.0 Å². The number of nitro groups is 1. The van der Waals surface area contributed by atoms with Crippen LogP contribution in [0.15, 0.2) is 42.5 Å². The number of nitro benzene ring substituents is 1. The minimum absolute atomic E-state index is 0.181. The molecule has 0 aliphatic heterocycles. The summed E-state index contributed by atoms with van der Waals surface area (Å²) in [6.07, 6.45) is 0. The zero-order valence-electron chi connectivity index (χ0n) is 10.7. The number of hydrogen-bond acceptors (Lipinski definition) is 4. The smallest absolute Gasteiger partial charge is 0.335 e. The Bertz CT molecular complexity index is 686. The fourth-order valence-electron chi connectivity index (χ4n) is 1.73. The van der Waals surface area contributed by atoms with Gasteiger partial charge < -0.3 is 10.4 Å². The summed E-state index contributed by atoms with van der Waals surface area (Å²) >= 11 is 0. The van der Waals surface area contributed by atoms with Crippen LogP contribution in [0.25, 0.3) is 0 Å². The molecule has 0 saturated carbocycles. The molecule has 2 aromatic carbocycles. The number of carboxylic acid groups (broad SMARTS) is 1. The Labute approximate surface area is 119 Å². The Kier molecular flexibility index (Phi) is 4.13. The number of anilines is 1. The molecule has 0 amide bonds. The van der Waals surface area contributed by atoms with Gasteiger partial charge in [0.15, 0.2) is 0 Å². The van der Waals surface area contributed by atoms with Crippen molar-refractivity contribution in [1.82, 2.24) is 0 Å². The molecule has 0 aromatic heterocycles. The van der Waals surface area contributed by atoms with Crippen LogP contribution in [0, 0.1) is 15.9 Å². The van der Waals surface area contributed by atoms with Crippen molar-refractivity contribution in [3.63, 3.8) is 0 Å². The molecule has 2 rings (SSSR count). The van der Waals surface area contributed by atoms with Gasteiger partial charge in [-0.2, -0.15) is 4.39 Å². The van der Waals surface area contributed by atoms with E-state index in [4.69, 9.17) is 5.11 Å². The van der Waals surface area contributed by atoms with Crippen LogP contribution in [0.4, 0.5) is 15.8 Å². The lowest BCUT2D eigenvalue weighted by Gasteiger charge is -2.07. The van der Waals surface area contributed by atoms with Crippen LogP contribution in [-0.2, 0) is 6.54 Å². The van der Waals surface area contributed by atoms with E-state index in [-0.39, 0.29) is 5.56 Å². The Morgan fingerprint density at radius 1 is 1.24 bits per heavy atom. The zero-order valence-corrected chi connectivity index (χ0v) is 10.7. The molecular formula is C14H11FN2O4. The van der Waals surface area contributed by atoms with E-state index in [1.54, 1.807) is 12.1 Å². The summed E-state index contributed by atoms with van der Waals surface area (Å²) in [6.45, 7) is 0.344. The van der Waals surface area contributed by atoms with Crippen molar-refractivity contribution < 1.29 is 19.2 Å². The second-order valence-electron chi connectivity index (χ2n) is 4.28. The van der Waals surface area contributed by atoms with Gasteiger partial charge in [0, 0.05) is 24.4 Å². The molecule has 6 nitrogen and oxygen atoms in total. The molecule has 0 heterocycles. The van der Waals surface area contributed by atoms with Gasteiger partial charge in [-0.15, -0.1) is 0 Å². The number of rotatable bonds is 5. The lowest BCUT2D eigenvalue weighted by molar-refractivity contribution is -0.387. The molecule has 2 aromatic rings. The fraction of sp³-hybridized carbons (Fsp3) is 0.0714. The molecule has 0 unspecified atom stereocenters. The summed E-state index contributed by atoms with van der Waals surface area (Å²) in [5.41, 5.74) is 0.811. The highest BCUT2D eigenvalue weighted by Crippen LogP contribution is 2.21. The maximum absolute atomic E-state index is 13.4. The number of hydrogen-bond donors (Lipinski definition) is 2. The Morgan fingerprint density at radius 2 is 1.90 bits per heavy atom. The Morgan fingerprint density at radius 3 is 2.43 bits per heavy atom. The van der Waals surface area contributed by atoms with E-state index in [1.807, 2.05) is 0 Å². The predicted molar refractivity (Wildman–Crippen MR) is 73.8 cm³/mol. The van der Waals surface area contributed by atoms with Crippen molar-refractivity contribution in [2.24, 2.45) is 0 Å². The molecule has 0 spiro atoms. The molecule has 0 radical (unpaired) electrons. The van der Waals surface area contributed by atoms with Crippen molar-refractivity contribution in [1.29, 1.82) is 0 Å². The summed E-state index contributed by atoms with van der Waals surface area (Å²) in [7, 11) is 0. The van der Waals surface area contributed by atoms with Gasteiger partial charge >= 0.3 is 11.7 Å². The van der Waals surface area contributed by atoms with Gasteiger partial charge in [0.25, 0.3) is 0 Å². The average Bonchev–Trinajstić information content (AvgIpc) is 2.45. The number of nitrogens with zero attached hydrogens (tertiary/aromatic N) is 1. The predicted octanol–water partition coefficient (Wildman–Crippen LogP) is 3.04. The molecule has 0 aliphatic rings. The van der Waals surface area contributed by atoms with E-state index in [2.05, 4.69) is 5.32 Å². The summed E-state index contributed by atoms with van der Waals surface area (Å²) in [4.78, 5) is 20.4. The van der Waals surface area contributed by atoms with Crippen LogP contribution >= 0.6 is 0 Å². The summed E-state index contributed by atoms with van der Waals surface area (Å²) in [5, 5.41) is 22.2. The van der Waals surface area contributed by atoms with E-state index in [1.165, 1.54) is 18.2 Å². The first-order valence-corrected chi connectivity index (χ1v) is 5.97. The monoisotopic (exact) mass is 290 g/mol. The van der Waals surface area contributed by atoms with Gasteiger partial charge in [-0.25, -0.2) is 4.79 Å². The highest BCUT2D eigenvalue weighted by atomic mass is 19.1.